The Morgan fingerprint density at radius 1 is 0.714 bits per heavy atom. The van der Waals surface area contributed by atoms with Crippen LogP contribution in [0.5, 0.6) is 0 Å². The molecule has 0 bridgehead atoms. The van der Waals surface area contributed by atoms with Crippen LogP contribution in [0.1, 0.15) is 40.0 Å². The number of hydrogen-bond acceptors (Lipinski definition) is 3. The van der Waals surface area contributed by atoms with Crippen molar-refractivity contribution in [2.45, 2.75) is 40.0 Å². The van der Waals surface area contributed by atoms with Gasteiger partial charge in [-0.25, -0.2) is 0 Å². The molecule has 0 rings (SSSR count). The van der Waals surface area contributed by atoms with Gasteiger partial charge in [0, 0.05) is 0 Å². The zero-order chi connectivity index (χ0) is 9.94. The summed E-state index contributed by atoms with van der Waals surface area (Å²) in [5.74, 6) is 0. The fraction of sp³-hybridized carbons (Fsp3) is 1.00. The first-order chi connectivity index (χ1) is 6.35. The molecule has 14 heavy (non-hydrogen) atoms. The molecule has 0 aliphatic rings. The Morgan fingerprint density at radius 3 is 1.21 bits per heavy atom. The molecular weight excluding hydrogens is 194 g/mol. The molecule has 0 aromatic carbocycles. The van der Waals surface area contributed by atoms with Gasteiger partial charge in [0.25, 0.3) is 0 Å². The van der Waals surface area contributed by atoms with E-state index >= 15 is 0 Å². The molecule has 0 heterocycles. The smallest absolute Gasteiger partial charge is 0.180 e. The third kappa shape index (κ3) is 11.0. The van der Waals surface area contributed by atoms with Crippen molar-refractivity contribution in [3.8, 4) is 0 Å². The van der Waals surface area contributed by atoms with E-state index in [2.05, 4.69) is 20.8 Å². The van der Waals surface area contributed by atoms with Gasteiger partial charge in [-0.15, -0.1) is 0 Å². The normalized spacial score (nSPS) is 10.3. The van der Waals surface area contributed by atoms with Crippen LogP contribution in [0, 0.1) is 0 Å². The maximum atomic E-state index is 5.45. The Balaban J connectivity index is 0. The van der Waals surface area contributed by atoms with Crippen LogP contribution in [-0.2, 0) is 13.6 Å². The first kappa shape index (κ1) is 17.3. The summed E-state index contributed by atoms with van der Waals surface area (Å²) in [5.41, 5.74) is 0. The second-order valence-electron chi connectivity index (χ2n) is 2.80. The molecule has 0 fully saturated rings. The minimum atomic E-state index is -1.43. The molecule has 0 spiro atoms. The Labute approximate surface area is 101 Å². The zero-order valence-corrected chi connectivity index (χ0v) is 11.0. The van der Waals surface area contributed by atoms with Crippen LogP contribution < -0.4 is 18.9 Å². The Hall–Kier alpha value is 0.907. The van der Waals surface area contributed by atoms with Crippen molar-refractivity contribution in [3.63, 3.8) is 0 Å². The molecule has 0 unspecified atom stereocenters. The maximum absolute atomic E-state index is 5.45. The summed E-state index contributed by atoms with van der Waals surface area (Å²) in [6, 6.07) is 0. The largest absolute Gasteiger partial charge is 1.00 e. The van der Waals surface area contributed by atoms with E-state index in [1.165, 1.54) is 0 Å². The van der Waals surface area contributed by atoms with Crippen LogP contribution in [0.3, 0.4) is 0 Å². The average molecular weight is 216 g/mol. The van der Waals surface area contributed by atoms with E-state index in [-0.39, 0.29) is 18.9 Å². The Morgan fingerprint density at radius 2 is 1.00 bits per heavy atom. The summed E-state index contributed by atoms with van der Waals surface area (Å²) in [5, 5.41) is 0. The van der Waals surface area contributed by atoms with Crippen LogP contribution in [0.2, 0.25) is 0 Å². The molecule has 0 N–H and O–H groups in total. The minimum Gasteiger partial charge on any atom is -0.180 e. The second kappa shape index (κ2) is 13.9. The molecule has 0 saturated carbocycles. The van der Waals surface area contributed by atoms with Crippen LogP contribution in [0.15, 0.2) is 0 Å². The monoisotopic (exact) mass is 216 g/mol. The van der Waals surface area contributed by atoms with E-state index < -0.39 is 8.60 Å². The topological polar surface area (TPSA) is 27.7 Å². The molecule has 3 nitrogen and oxygen atoms in total. The summed E-state index contributed by atoms with van der Waals surface area (Å²) in [6.45, 7) is 8.46. The van der Waals surface area contributed by atoms with Crippen molar-refractivity contribution >= 4 is 8.60 Å². The Kier molecular flexibility index (Phi) is 17.2. The van der Waals surface area contributed by atoms with Gasteiger partial charge in [-0.3, -0.25) is 0 Å². The second-order valence-corrected chi connectivity index (χ2v) is 4.16. The van der Waals surface area contributed by atoms with Crippen molar-refractivity contribution in [1.82, 2.24) is 0 Å². The van der Waals surface area contributed by atoms with Crippen LogP contribution in [-0.4, -0.2) is 19.8 Å². The molecule has 0 aromatic heterocycles. The van der Waals surface area contributed by atoms with E-state index in [0.29, 0.717) is 0 Å². The van der Waals surface area contributed by atoms with E-state index in [9.17, 15) is 0 Å². The van der Waals surface area contributed by atoms with Gasteiger partial charge < -0.3 is 0 Å². The first-order valence-corrected chi connectivity index (χ1v) is 6.32. The van der Waals surface area contributed by atoms with Crippen LogP contribution in [0.4, 0.5) is 0 Å². The van der Waals surface area contributed by atoms with Crippen molar-refractivity contribution in [3.05, 3.63) is 0 Å². The summed E-state index contributed by atoms with van der Waals surface area (Å²) >= 11 is 0. The quantitative estimate of drug-likeness (QED) is 0.408. The molecule has 0 aliphatic carbocycles. The Bertz CT molecular complexity index is 87.0. The molecule has 0 amide bonds. The van der Waals surface area contributed by atoms with Gasteiger partial charge in [0.1, 0.15) is 0 Å². The van der Waals surface area contributed by atoms with Gasteiger partial charge in [-0.05, 0) is 19.3 Å². The van der Waals surface area contributed by atoms with Crippen molar-refractivity contribution in [2.24, 2.45) is 0 Å². The van der Waals surface area contributed by atoms with Gasteiger partial charge >= 0.3 is 27.5 Å². The summed E-state index contributed by atoms with van der Waals surface area (Å²) in [4.78, 5) is 0. The molecule has 0 atom stereocenters. The molecule has 0 aromatic rings. The van der Waals surface area contributed by atoms with Gasteiger partial charge in [0.2, 0.25) is 0 Å². The molecule has 80 valence electrons. The van der Waals surface area contributed by atoms with E-state index in [1.807, 2.05) is 0 Å². The summed E-state index contributed by atoms with van der Waals surface area (Å²) in [6.07, 6.45) is 3.04. The van der Waals surface area contributed by atoms with Crippen molar-refractivity contribution < 1.29 is 32.4 Å². The van der Waals surface area contributed by atoms with Gasteiger partial charge in [-0.2, -0.15) is 13.6 Å². The fourth-order valence-corrected chi connectivity index (χ4v) is 2.04. The number of rotatable bonds is 9. The SMILES string of the molecule is CCCO[PH+](OCCC)OCCC.[Li+]. The van der Waals surface area contributed by atoms with Crippen molar-refractivity contribution in [1.29, 1.82) is 0 Å². The molecule has 0 aliphatic heterocycles. The molecule has 0 radical (unpaired) electrons. The first-order valence-electron chi connectivity index (χ1n) is 5.10. The molecule has 0 saturated heterocycles. The average Bonchev–Trinajstić information content (AvgIpc) is 2.17. The maximum Gasteiger partial charge on any atom is 1.00 e. The summed E-state index contributed by atoms with van der Waals surface area (Å²) in [7, 11) is -1.43. The van der Waals surface area contributed by atoms with E-state index in [0.717, 1.165) is 39.1 Å². The predicted octanol–water partition coefficient (Wildman–Crippen LogP) is 0.229. The van der Waals surface area contributed by atoms with Crippen LogP contribution in [0.25, 0.3) is 0 Å². The van der Waals surface area contributed by atoms with E-state index in [1.54, 1.807) is 0 Å². The summed E-state index contributed by atoms with van der Waals surface area (Å²) < 4.78 is 16.4. The number of hydrogen-bond donors (Lipinski definition) is 0. The third-order valence-corrected chi connectivity index (χ3v) is 2.59. The van der Waals surface area contributed by atoms with Crippen molar-refractivity contribution in [2.75, 3.05) is 19.8 Å². The molecule has 5 heteroatoms. The predicted molar refractivity (Wildman–Crippen MR) is 57.0 cm³/mol. The standard InChI is InChI=1S/C9H22O3P.Li/c1-4-7-10-13(11-8-5-2)12-9-6-3;/h13H,4-9H2,1-3H3;/q2*+1. The van der Waals surface area contributed by atoms with Crippen LogP contribution >= 0.6 is 8.60 Å². The molecular formula is C9H22LiO3P+2. The van der Waals surface area contributed by atoms with Gasteiger partial charge in [0.15, 0.2) is 0 Å². The van der Waals surface area contributed by atoms with E-state index in [4.69, 9.17) is 13.6 Å². The minimum absolute atomic E-state index is 0. The fourth-order valence-electron chi connectivity index (χ4n) is 0.681. The van der Waals surface area contributed by atoms with Gasteiger partial charge in [-0.1, -0.05) is 20.8 Å². The zero-order valence-electron chi connectivity index (χ0n) is 9.97. The third-order valence-electron chi connectivity index (χ3n) is 1.27. The van der Waals surface area contributed by atoms with Gasteiger partial charge in [0.05, 0.1) is 19.8 Å².